The van der Waals surface area contributed by atoms with Gasteiger partial charge in [0, 0.05) is 18.3 Å². The van der Waals surface area contributed by atoms with Gasteiger partial charge in [-0.05, 0) is 39.8 Å². The number of carbonyl (C=O) groups is 2. The van der Waals surface area contributed by atoms with Gasteiger partial charge in [0.15, 0.2) is 5.65 Å². The largest absolute Gasteiger partial charge is 0.442 e. The average molecular weight is 383 g/mol. The summed E-state index contributed by atoms with van der Waals surface area (Å²) in [5.74, 6) is 0.356. The minimum atomic E-state index is -0.622. The van der Waals surface area contributed by atoms with Gasteiger partial charge in [0.25, 0.3) is 0 Å². The van der Waals surface area contributed by atoms with Gasteiger partial charge in [-0.15, -0.1) is 0 Å². The number of urea groups is 1. The third-order valence-corrected chi connectivity index (χ3v) is 3.44. The van der Waals surface area contributed by atoms with Crippen molar-refractivity contribution in [2.75, 3.05) is 11.9 Å². The van der Waals surface area contributed by atoms with Gasteiger partial charge in [0.05, 0.1) is 18.1 Å². The number of amides is 2. The zero-order valence-electron chi connectivity index (χ0n) is 16.1. The predicted octanol–water partition coefficient (Wildman–Crippen LogP) is 2.81. The molecule has 0 aliphatic rings. The lowest BCUT2D eigenvalue weighted by atomic mass is 10.2. The molecule has 0 bridgehead atoms. The number of anilines is 1. The van der Waals surface area contributed by atoms with Crippen LogP contribution in [0.2, 0.25) is 0 Å². The first-order chi connectivity index (χ1) is 13.2. The normalized spacial score (nSPS) is 11.3. The maximum Gasteiger partial charge on any atom is 0.435 e. The Labute approximate surface area is 161 Å². The SMILES string of the molecule is CCNC(=O)Nc1ccc2ncc(-c3cnn(C(=O)OC(C)(C)C)c3)nc2n1. The topological polar surface area (TPSA) is 124 Å². The van der Waals surface area contributed by atoms with Gasteiger partial charge in [0.1, 0.15) is 16.9 Å². The molecular weight excluding hydrogens is 362 g/mol. The van der Waals surface area contributed by atoms with Gasteiger partial charge < -0.3 is 10.1 Å². The highest BCUT2D eigenvalue weighted by Crippen LogP contribution is 2.19. The van der Waals surface area contributed by atoms with Gasteiger partial charge in [-0.2, -0.15) is 9.78 Å². The Morgan fingerprint density at radius 2 is 1.96 bits per heavy atom. The lowest BCUT2D eigenvalue weighted by Gasteiger charge is -2.18. The fourth-order valence-electron chi connectivity index (χ4n) is 2.29. The van der Waals surface area contributed by atoms with E-state index in [1.807, 2.05) is 6.92 Å². The van der Waals surface area contributed by atoms with Crippen LogP contribution in [0.25, 0.3) is 22.4 Å². The molecule has 3 rings (SSSR count). The second kappa shape index (κ2) is 7.59. The van der Waals surface area contributed by atoms with E-state index < -0.39 is 11.7 Å². The van der Waals surface area contributed by atoms with E-state index in [-0.39, 0.29) is 6.03 Å². The fraction of sp³-hybridized carbons (Fsp3) is 0.333. The van der Waals surface area contributed by atoms with Gasteiger partial charge in [-0.3, -0.25) is 10.3 Å². The molecule has 0 unspecified atom stereocenters. The van der Waals surface area contributed by atoms with Gasteiger partial charge in [-0.25, -0.2) is 19.6 Å². The first-order valence-corrected chi connectivity index (χ1v) is 8.72. The van der Waals surface area contributed by atoms with Crippen molar-refractivity contribution in [3.63, 3.8) is 0 Å². The number of nitrogens with zero attached hydrogens (tertiary/aromatic N) is 5. The molecule has 146 valence electrons. The number of hydrogen-bond acceptors (Lipinski definition) is 7. The lowest BCUT2D eigenvalue weighted by Crippen LogP contribution is -2.28. The molecule has 0 spiro atoms. The predicted molar refractivity (Wildman–Crippen MR) is 103 cm³/mol. The Morgan fingerprint density at radius 3 is 2.68 bits per heavy atom. The van der Waals surface area contributed by atoms with Crippen LogP contribution in [0.4, 0.5) is 15.4 Å². The highest BCUT2D eigenvalue weighted by Gasteiger charge is 2.19. The molecule has 3 heterocycles. The molecule has 0 aliphatic heterocycles. The maximum absolute atomic E-state index is 12.1. The van der Waals surface area contributed by atoms with Crippen LogP contribution in [-0.4, -0.2) is 49.0 Å². The van der Waals surface area contributed by atoms with Crippen molar-refractivity contribution in [1.82, 2.24) is 30.0 Å². The number of nitrogens with one attached hydrogen (secondary N) is 2. The van der Waals surface area contributed by atoms with E-state index in [1.165, 1.54) is 12.4 Å². The monoisotopic (exact) mass is 383 g/mol. The molecule has 0 saturated heterocycles. The average Bonchev–Trinajstić information content (AvgIpc) is 3.10. The number of carbonyl (C=O) groups excluding carboxylic acids is 2. The molecule has 2 amide bonds. The maximum atomic E-state index is 12.1. The minimum Gasteiger partial charge on any atom is -0.442 e. The summed E-state index contributed by atoms with van der Waals surface area (Å²) in [7, 11) is 0. The summed E-state index contributed by atoms with van der Waals surface area (Å²) in [5, 5.41) is 9.28. The van der Waals surface area contributed by atoms with Gasteiger partial charge >= 0.3 is 12.1 Å². The van der Waals surface area contributed by atoms with Crippen LogP contribution in [0.1, 0.15) is 27.7 Å². The molecule has 10 heteroatoms. The van der Waals surface area contributed by atoms with E-state index >= 15 is 0 Å². The van der Waals surface area contributed by atoms with Crippen LogP contribution >= 0.6 is 0 Å². The van der Waals surface area contributed by atoms with Crippen molar-refractivity contribution >= 4 is 29.1 Å². The number of ether oxygens (including phenoxy) is 1. The van der Waals surface area contributed by atoms with Crippen molar-refractivity contribution in [2.24, 2.45) is 0 Å². The number of fused-ring (bicyclic) bond motifs is 1. The van der Waals surface area contributed by atoms with E-state index in [2.05, 4.69) is 30.7 Å². The Kier molecular flexibility index (Phi) is 5.21. The molecule has 0 fully saturated rings. The van der Waals surface area contributed by atoms with Crippen LogP contribution < -0.4 is 10.6 Å². The van der Waals surface area contributed by atoms with Crippen LogP contribution in [0.5, 0.6) is 0 Å². The zero-order valence-corrected chi connectivity index (χ0v) is 16.1. The molecule has 0 aliphatic carbocycles. The summed E-state index contributed by atoms with van der Waals surface area (Å²) in [6.45, 7) is 7.67. The second-order valence-electron chi connectivity index (χ2n) is 6.93. The van der Waals surface area contributed by atoms with Crippen LogP contribution in [0.3, 0.4) is 0 Å². The standard InChI is InChI=1S/C18H21N7O3/c1-5-19-16(26)24-14-7-6-12-15(23-14)22-13(9-20-12)11-8-21-25(10-11)17(27)28-18(2,3)4/h6-10H,5H2,1-4H3,(H2,19,22,23,24,26). The van der Waals surface area contributed by atoms with E-state index in [1.54, 1.807) is 39.1 Å². The minimum absolute atomic E-state index is 0.350. The number of rotatable bonds is 3. The summed E-state index contributed by atoms with van der Waals surface area (Å²) in [6.07, 6.45) is 3.99. The van der Waals surface area contributed by atoms with Crippen molar-refractivity contribution in [3.8, 4) is 11.3 Å². The van der Waals surface area contributed by atoms with E-state index in [0.717, 1.165) is 4.68 Å². The van der Waals surface area contributed by atoms with Crippen LogP contribution in [-0.2, 0) is 4.74 Å². The summed E-state index contributed by atoms with van der Waals surface area (Å²) < 4.78 is 6.39. The third-order valence-electron chi connectivity index (χ3n) is 3.44. The molecule has 0 radical (unpaired) electrons. The summed E-state index contributed by atoms with van der Waals surface area (Å²) in [6, 6.07) is 3.01. The molecule has 10 nitrogen and oxygen atoms in total. The molecule has 28 heavy (non-hydrogen) atoms. The first-order valence-electron chi connectivity index (χ1n) is 8.72. The molecular formula is C18H21N7O3. The molecule has 0 aromatic carbocycles. The zero-order chi connectivity index (χ0) is 20.3. The first kappa shape index (κ1) is 19.2. The Bertz CT molecular complexity index is 1020. The number of hydrogen-bond donors (Lipinski definition) is 2. The van der Waals surface area contributed by atoms with Crippen molar-refractivity contribution in [1.29, 1.82) is 0 Å². The van der Waals surface area contributed by atoms with Crippen LogP contribution in [0.15, 0.2) is 30.7 Å². The smallest absolute Gasteiger partial charge is 0.435 e. The van der Waals surface area contributed by atoms with E-state index in [4.69, 9.17) is 4.74 Å². The van der Waals surface area contributed by atoms with E-state index in [9.17, 15) is 9.59 Å². The van der Waals surface area contributed by atoms with Gasteiger partial charge in [0.2, 0.25) is 0 Å². The molecule has 0 atom stereocenters. The van der Waals surface area contributed by atoms with Crippen molar-refractivity contribution < 1.29 is 14.3 Å². The number of pyridine rings is 1. The number of aromatic nitrogens is 5. The van der Waals surface area contributed by atoms with Gasteiger partial charge in [-0.1, -0.05) is 0 Å². The fourth-order valence-corrected chi connectivity index (χ4v) is 2.29. The van der Waals surface area contributed by atoms with Crippen molar-refractivity contribution in [2.45, 2.75) is 33.3 Å². The lowest BCUT2D eigenvalue weighted by molar-refractivity contribution is 0.0514. The van der Waals surface area contributed by atoms with Crippen molar-refractivity contribution in [3.05, 3.63) is 30.7 Å². The van der Waals surface area contributed by atoms with E-state index in [0.29, 0.717) is 34.8 Å². The molecule has 3 aromatic rings. The Balaban J connectivity index is 1.85. The van der Waals surface area contributed by atoms with Crippen LogP contribution in [0, 0.1) is 0 Å². The second-order valence-corrected chi connectivity index (χ2v) is 6.93. The highest BCUT2D eigenvalue weighted by molar-refractivity contribution is 5.89. The molecule has 2 N–H and O–H groups in total. The quantitative estimate of drug-likeness (QED) is 0.712. The highest BCUT2D eigenvalue weighted by atomic mass is 16.6. The molecule has 3 aromatic heterocycles. The Hall–Kier alpha value is -3.56. The summed E-state index contributed by atoms with van der Waals surface area (Å²) >= 11 is 0. The summed E-state index contributed by atoms with van der Waals surface area (Å²) in [4.78, 5) is 36.8. The molecule has 0 saturated carbocycles. The third kappa shape index (κ3) is 4.58. The summed E-state index contributed by atoms with van der Waals surface area (Å²) in [5.41, 5.74) is 1.39. The Morgan fingerprint density at radius 1 is 1.18 bits per heavy atom.